The first-order valence-corrected chi connectivity index (χ1v) is 7.18. The molecule has 0 aliphatic carbocycles. The Morgan fingerprint density at radius 1 is 1.16 bits per heavy atom. The van der Waals surface area contributed by atoms with Crippen molar-refractivity contribution in [2.75, 3.05) is 11.1 Å². The van der Waals surface area contributed by atoms with Crippen molar-refractivity contribution >= 4 is 49.1 Å². The molecule has 0 aliphatic rings. The lowest BCUT2D eigenvalue weighted by atomic mass is 10.1. The van der Waals surface area contributed by atoms with Crippen LogP contribution >= 0.6 is 31.9 Å². The normalized spacial score (nSPS) is 10.3. The molecule has 0 bridgehead atoms. The molecule has 0 atom stereocenters. The molecule has 2 aromatic rings. The maximum absolute atomic E-state index is 12.1. The van der Waals surface area contributed by atoms with Crippen molar-refractivity contribution in [2.24, 2.45) is 0 Å². The van der Waals surface area contributed by atoms with Crippen LogP contribution in [0.3, 0.4) is 0 Å². The average molecular weight is 384 g/mol. The van der Waals surface area contributed by atoms with Gasteiger partial charge in [-0.05, 0) is 42.8 Å². The van der Waals surface area contributed by atoms with Gasteiger partial charge in [-0.25, -0.2) is 0 Å². The molecule has 0 fully saturated rings. The Bertz CT molecular complexity index is 641. The second kappa shape index (κ2) is 5.75. The lowest BCUT2D eigenvalue weighted by Crippen LogP contribution is -2.14. The first-order chi connectivity index (χ1) is 8.97. The third-order valence-electron chi connectivity index (χ3n) is 2.69. The molecule has 0 radical (unpaired) electrons. The smallest absolute Gasteiger partial charge is 0.257 e. The number of anilines is 2. The Morgan fingerprint density at radius 3 is 2.53 bits per heavy atom. The Morgan fingerprint density at radius 2 is 1.89 bits per heavy atom. The maximum Gasteiger partial charge on any atom is 0.257 e. The van der Waals surface area contributed by atoms with Gasteiger partial charge in [0.2, 0.25) is 0 Å². The summed E-state index contributed by atoms with van der Waals surface area (Å²) in [6.07, 6.45) is 0. The average Bonchev–Trinajstić information content (AvgIpc) is 2.33. The number of aryl methyl sites for hydroxylation is 1. The fourth-order valence-corrected chi connectivity index (χ4v) is 2.37. The summed E-state index contributed by atoms with van der Waals surface area (Å²) in [5.41, 5.74) is 8.57. The second-order valence-corrected chi connectivity index (χ2v) is 5.92. The van der Waals surface area contributed by atoms with Crippen LogP contribution in [0.4, 0.5) is 11.4 Å². The molecule has 19 heavy (non-hydrogen) atoms. The molecule has 2 rings (SSSR count). The van der Waals surface area contributed by atoms with Crippen LogP contribution in [-0.2, 0) is 0 Å². The molecular formula is C14H12Br2N2O. The fraction of sp³-hybridized carbons (Fsp3) is 0.0714. The number of carbonyl (C=O) groups is 1. The lowest BCUT2D eigenvalue weighted by molar-refractivity contribution is 0.102. The van der Waals surface area contributed by atoms with Gasteiger partial charge in [-0.3, -0.25) is 4.79 Å². The standard InChI is InChI=1S/C14H12Br2N2O/c1-8-2-4-10(7-12(8)16)18-14(19)11-5-3-9(15)6-13(11)17/h2-7H,17H2,1H3,(H,18,19). The van der Waals surface area contributed by atoms with Crippen LogP contribution in [0.15, 0.2) is 45.3 Å². The van der Waals surface area contributed by atoms with Gasteiger partial charge in [0, 0.05) is 20.3 Å². The van der Waals surface area contributed by atoms with E-state index in [0.717, 1.165) is 20.2 Å². The third-order valence-corrected chi connectivity index (χ3v) is 4.04. The molecular weight excluding hydrogens is 372 g/mol. The summed E-state index contributed by atoms with van der Waals surface area (Å²) >= 11 is 6.75. The highest BCUT2D eigenvalue weighted by Crippen LogP contribution is 2.23. The van der Waals surface area contributed by atoms with E-state index in [1.54, 1.807) is 18.2 Å². The van der Waals surface area contributed by atoms with Crippen molar-refractivity contribution < 1.29 is 4.79 Å². The van der Waals surface area contributed by atoms with Crippen LogP contribution in [0.2, 0.25) is 0 Å². The summed E-state index contributed by atoms with van der Waals surface area (Å²) in [5.74, 6) is -0.222. The number of hydrogen-bond acceptors (Lipinski definition) is 2. The summed E-state index contributed by atoms with van der Waals surface area (Å²) in [6, 6.07) is 10.8. The SMILES string of the molecule is Cc1ccc(NC(=O)c2ccc(Br)cc2N)cc1Br. The van der Waals surface area contributed by atoms with Gasteiger partial charge in [-0.2, -0.15) is 0 Å². The van der Waals surface area contributed by atoms with Crippen LogP contribution in [0.5, 0.6) is 0 Å². The van der Waals surface area contributed by atoms with Crippen molar-refractivity contribution in [3.8, 4) is 0 Å². The molecule has 3 N–H and O–H groups in total. The van der Waals surface area contributed by atoms with Gasteiger partial charge in [0.25, 0.3) is 5.91 Å². The molecule has 0 aromatic heterocycles. The van der Waals surface area contributed by atoms with Crippen molar-refractivity contribution in [3.05, 3.63) is 56.5 Å². The third kappa shape index (κ3) is 3.36. The number of amides is 1. The number of hydrogen-bond donors (Lipinski definition) is 2. The minimum Gasteiger partial charge on any atom is -0.398 e. The van der Waals surface area contributed by atoms with Crippen molar-refractivity contribution in [1.29, 1.82) is 0 Å². The molecule has 2 aromatic carbocycles. The first-order valence-electron chi connectivity index (χ1n) is 5.60. The van der Waals surface area contributed by atoms with E-state index in [1.807, 2.05) is 25.1 Å². The minimum atomic E-state index is -0.222. The Hall–Kier alpha value is -1.33. The van der Waals surface area contributed by atoms with E-state index in [9.17, 15) is 4.79 Å². The van der Waals surface area contributed by atoms with Crippen molar-refractivity contribution in [3.63, 3.8) is 0 Å². The fourth-order valence-electron chi connectivity index (χ4n) is 1.61. The zero-order valence-electron chi connectivity index (χ0n) is 10.2. The number of nitrogen functional groups attached to an aromatic ring is 1. The lowest BCUT2D eigenvalue weighted by Gasteiger charge is -2.09. The molecule has 1 amide bonds. The molecule has 5 heteroatoms. The minimum absolute atomic E-state index is 0.222. The number of nitrogens with one attached hydrogen (secondary N) is 1. The first kappa shape index (κ1) is 14.1. The van der Waals surface area contributed by atoms with Crippen molar-refractivity contribution in [1.82, 2.24) is 0 Å². The van der Waals surface area contributed by atoms with Crippen LogP contribution in [-0.4, -0.2) is 5.91 Å². The number of rotatable bonds is 2. The summed E-state index contributed by atoms with van der Waals surface area (Å²) in [4.78, 5) is 12.1. The monoisotopic (exact) mass is 382 g/mol. The zero-order chi connectivity index (χ0) is 14.0. The van der Waals surface area contributed by atoms with E-state index >= 15 is 0 Å². The molecule has 3 nitrogen and oxygen atoms in total. The van der Waals surface area contributed by atoms with Crippen molar-refractivity contribution in [2.45, 2.75) is 6.92 Å². The molecule has 0 saturated carbocycles. The van der Waals surface area contributed by atoms with Gasteiger partial charge in [0.15, 0.2) is 0 Å². The van der Waals surface area contributed by atoms with Gasteiger partial charge in [-0.1, -0.05) is 37.9 Å². The highest BCUT2D eigenvalue weighted by atomic mass is 79.9. The van der Waals surface area contributed by atoms with E-state index in [0.29, 0.717) is 11.3 Å². The van der Waals surface area contributed by atoms with Crippen LogP contribution in [0.25, 0.3) is 0 Å². The van der Waals surface area contributed by atoms with Gasteiger partial charge < -0.3 is 11.1 Å². The Kier molecular flexibility index (Phi) is 4.27. The largest absolute Gasteiger partial charge is 0.398 e. The van der Waals surface area contributed by atoms with Crippen LogP contribution in [0.1, 0.15) is 15.9 Å². The predicted octanol–water partition coefficient (Wildman–Crippen LogP) is 4.35. The molecule has 0 aliphatic heterocycles. The summed E-state index contributed by atoms with van der Waals surface area (Å²) < 4.78 is 1.80. The van der Waals surface area contributed by atoms with E-state index in [-0.39, 0.29) is 5.91 Å². The van der Waals surface area contributed by atoms with E-state index in [1.165, 1.54) is 0 Å². The highest BCUT2D eigenvalue weighted by Gasteiger charge is 2.10. The topological polar surface area (TPSA) is 55.1 Å². The van der Waals surface area contributed by atoms with Crippen LogP contribution in [0, 0.1) is 6.92 Å². The van der Waals surface area contributed by atoms with E-state index < -0.39 is 0 Å². The van der Waals surface area contributed by atoms with Crippen LogP contribution < -0.4 is 11.1 Å². The molecule has 0 heterocycles. The quantitative estimate of drug-likeness (QED) is 0.757. The predicted molar refractivity (Wildman–Crippen MR) is 85.4 cm³/mol. The molecule has 0 spiro atoms. The number of benzene rings is 2. The molecule has 98 valence electrons. The molecule has 0 saturated heterocycles. The summed E-state index contributed by atoms with van der Waals surface area (Å²) in [6.45, 7) is 1.99. The summed E-state index contributed by atoms with van der Waals surface area (Å²) in [5, 5.41) is 2.82. The van der Waals surface area contributed by atoms with E-state index in [4.69, 9.17) is 5.73 Å². The van der Waals surface area contributed by atoms with Gasteiger partial charge in [0.1, 0.15) is 0 Å². The molecule has 0 unspecified atom stereocenters. The van der Waals surface area contributed by atoms with Gasteiger partial charge in [0.05, 0.1) is 5.56 Å². The maximum atomic E-state index is 12.1. The number of nitrogens with two attached hydrogens (primary N) is 1. The Labute approximate surface area is 128 Å². The number of carbonyl (C=O) groups excluding carboxylic acids is 1. The Balaban J connectivity index is 2.23. The second-order valence-electron chi connectivity index (χ2n) is 4.15. The highest BCUT2D eigenvalue weighted by molar-refractivity contribution is 9.10. The van der Waals surface area contributed by atoms with E-state index in [2.05, 4.69) is 37.2 Å². The van der Waals surface area contributed by atoms with Gasteiger partial charge in [-0.15, -0.1) is 0 Å². The summed E-state index contributed by atoms with van der Waals surface area (Å²) in [7, 11) is 0. The number of halogens is 2. The zero-order valence-corrected chi connectivity index (χ0v) is 13.4. The van der Waals surface area contributed by atoms with Gasteiger partial charge >= 0.3 is 0 Å².